The third-order valence-corrected chi connectivity index (χ3v) is 3.20. The minimum absolute atomic E-state index is 0.00698. The Morgan fingerprint density at radius 1 is 1.63 bits per heavy atom. The monoisotopic (exact) mass is 292 g/mol. The van der Waals surface area contributed by atoms with E-state index in [1.165, 1.54) is 10.9 Å². The lowest BCUT2D eigenvalue weighted by atomic mass is 10.3. The zero-order valence-electron chi connectivity index (χ0n) is 10.4. The molecule has 0 bridgehead atoms. The Bertz CT molecular complexity index is 526. The molecule has 0 radical (unpaired) electrons. The SMILES string of the molecule is CS(=O)(=O)CCNCC(O)Cn1cc([N+](=O)[O-])cn1. The van der Waals surface area contributed by atoms with Crippen molar-refractivity contribution in [3.05, 3.63) is 22.5 Å². The summed E-state index contributed by atoms with van der Waals surface area (Å²) in [5, 5.41) is 26.6. The molecule has 0 saturated heterocycles. The predicted octanol–water partition coefficient (Wildman–Crippen LogP) is -1.21. The van der Waals surface area contributed by atoms with Crippen LogP contribution in [0.4, 0.5) is 5.69 Å². The number of nitrogens with one attached hydrogen (secondary N) is 1. The van der Waals surface area contributed by atoms with Crippen LogP contribution in [0.15, 0.2) is 12.4 Å². The summed E-state index contributed by atoms with van der Waals surface area (Å²) in [6.45, 7) is 0.526. The minimum Gasteiger partial charge on any atom is -0.390 e. The van der Waals surface area contributed by atoms with Gasteiger partial charge in [0.05, 0.1) is 23.3 Å². The second kappa shape index (κ2) is 6.59. The van der Waals surface area contributed by atoms with Crippen LogP contribution in [0.3, 0.4) is 0 Å². The summed E-state index contributed by atoms with van der Waals surface area (Å²) in [6.07, 6.45) is 2.65. The maximum Gasteiger partial charge on any atom is 0.306 e. The smallest absolute Gasteiger partial charge is 0.306 e. The van der Waals surface area contributed by atoms with E-state index in [2.05, 4.69) is 10.4 Å². The van der Waals surface area contributed by atoms with Crippen LogP contribution >= 0.6 is 0 Å². The second-order valence-corrected chi connectivity index (χ2v) is 6.43. The van der Waals surface area contributed by atoms with Crippen molar-refractivity contribution in [1.82, 2.24) is 15.1 Å². The Hall–Kier alpha value is -1.52. The van der Waals surface area contributed by atoms with Gasteiger partial charge in [-0.25, -0.2) is 8.42 Å². The second-order valence-electron chi connectivity index (χ2n) is 4.17. The molecule has 10 heteroatoms. The quantitative estimate of drug-likeness (QED) is 0.349. The number of nitrogens with zero attached hydrogens (tertiary/aromatic N) is 3. The normalized spacial score (nSPS) is 13.4. The standard InChI is InChI=1S/C9H16N4O5S/c1-19(17,18)3-2-10-5-9(14)7-12-6-8(4-11-12)13(15)16/h4,6,9-10,14H,2-3,5,7H2,1H3. The van der Waals surface area contributed by atoms with E-state index in [4.69, 9.17) is 0 Å². The fourth-order valence-electron chi connectivity index (χ4n) is 1.35. The first-order valence-electron chi connectivity index (χ1n) is 5.51. The molecule has 1 atom stereocenters. The van der Waals surface area contributed by atoms with Crippen LogP contribution in [-0.4, -0.2) is 59.4 Å². The maximum absolute atomic E-state index is 10.9. The van der Waals surface area contributed by atoms with E-state index in [1.54, 1.807) is 0 Å². The zero-order chi connectivity index (χ0) is 14.5. The van der Waals surface area contributed by atoms with Gasteiger partial charge in [-0.1, -0.05) is 0 Å². The Morgan fingerprint density at radius 2 is 2.32 bits per heavy atom. The van der Waals surface area contributed by atoms with Gasteiger partial charge in [0, 0.05) is 19.3 Å². The van der Waals surface area contributed by atoms with Gasteiger partial charge in [-0.05, 0) is 0 Å². The van der Waals surface area contributed by atoms with Crippen LogP contribution in [0, 0.1) is 10.1 Å². The van der Waals surface area contributed by atoms with Crippen LogP contribution in [0.1, 0.15) is 0 Å². The minimum atomic E-state index is -3.02. The van der Waals surface area contributed by atoms with Crippen LogP contribution in [0.5, 0.6) is 0 Å². The summed E-state index contributed by atoms with van der Waals surface area (Å²) in [7, 11) is -3.02. The van der Waals surface area contributed by atoms with Crippen molar-refractivity contribution in [3.63, 3.8) is 0 Å². The molecule has 1 aromatic rings. The van der Waals surface area contributed by atoms with Gasteiger partial charge < -0.3 is 10.4 Å². The molecule has 0 aliphatic heterocycles. The topological polar surface area (TPSA) is 127 Å². The number of aromatic nitrogens is 2. The number of rotatable bonds is 8. The molecule has 0 spiro atoms. The molecule has 1 aromatic heterocycles. The van der Waals surface area contributed by atoms with E-state index in [1.807, 2.05) is 0 Å². The number of nitro groups is 1. The van der Waals surface area contributed by atoms with Gasteiger partial charge in [-0.2, -0.15) is 5.10 Å². The Morgan fingerprint density at radius 3 is 2.84 bits per heavy atom. The molecule has 1 unspecified atom stereocenters. The summed E-state index contributed by atoms with van der Waals surface area (Å²) in [5.41, 5.74) is -0.141. The first-order valence-corrected chi connectivity index (χ1v) is 7.57. The molecule has 19 heavy (non-hydrogen) atoms. The summed E-state index contributed by atoms with van der Waals surface area (Å²) in [4.78, 5) is 9.86. The Balaban J connectivity index is 2.30. The molecule has 108 valence electrons. The first-order chi connectivity index (χ1) is 8.78. The van der Waals surface area contributed by atoms with E-state index in [9.17, 15) is 23.6 Å². The number of aliphatic hydroxyl groups is 1. The predicted molar refractivity (Wildman–Crippen MR) is 67.5 cm³/mol. The molecule has 1 rings (SSSR count). The average molecular weight is 292 g/mol. The Kier molecular flexibility index (Phi) is 5.39. The molecule has 0 saturated carbocycles. The highest BCUT2D eigenvalue weighted by atomic mass is 32.2. The highest BCUT2D eigenvalue weighted by Crippen LogP contribution is 2.07. The largest absolute Gasteiger partial charge is 0.390 e. The third-order valence-electron chi connectivity index (χ3n) is 2.26. The lowest BCUT2D eigenvalue weighted by molar-refractivity contribution is -0.385. The van der Waals surface area contributed by atoms with Crippen molar-refractivity contribution in [2.24, 2.45) is 0 Å². The number of sulfone groups is 1. The number of aliphatic hydroxyl groups excluding tert-OH is 1. The third kappa shape index (κ3) is 6.27. The van der Waals surface area contributed by atoms with Crippen molar-refractivity contribution in [2.75, 3.05) is 25.1 Å². The summed E-state index contributed by atoms with van der Waals surface area (Å²) < 4.78 is 23.0. The van der Waals surface area contributed by atoms with E-state index in [-0.39, 0.29) is 31.1 Å². The highest BCUT2D eigenvalue weighted by molar-refractivity contribution is 7.90. The van der Waals surface area contributed by atoms with Crippen molar-refractivity contribution in [1.29, 1.82) is 0 Å². The van der Waals surface area contributed by atoms with Crippen LogP contribution in [-0.2, 0) is 16.4 Å². The highest BCUT2D eigenvalue weighted by Gasteiger charge is 2.11. The van der Waals surface area contributed by atoms with E-state index in [0.717, 1.165) is 12.5 Å². The van der Waals surface area contributed by atoms with Gasteiger partial charge in [0.2, 0.25) is 0 Å². The summed E-state index contributed by atoms with van der Waals surface area (Å²) >= 11 is 0. The lowest BCUT2D eigenvalue weighted by Crippen LogP contribution is -2.33. The molecule has 0 fully saturated rings. The molecule has 1 heterocycles. The molecule has 9 nitrogen and oxygen atoms in total. The van der Waals surface area contributed by atoms with Gasteiger partial charge in [-0.15, -0.1) is 0 Å². The number of hydrogen-bond donors (Lipinski definition) is 2. The van der Waals surface area contributed by atoms with Crippen molar-refractivity contribution >= 4 is 15.5 Å². The average Bonchev–Trinajstić information content (AvgIpc) is 2.71. The van der Waals surface area contributed by atoms with Gasteiger partial charge in [-0.3, -0.25) is 14.8 Å². The fraction of sp³-hybridized carbons (Fsp3) is 0.667. The first kappa shape index (κ1) is 15.5. The van der Waals surface area contributed by atoms with Crippen molar-refractivity contribution < 1.29 is 18.4 Å². The van der Waals surface area contributed by atoms with Gasteiger partial charge in [0.25, 0.3) is 0 Å². The Labute approximate surface area is 110 Å². The fourth-order valence-corrected chi connectivity index (χ4v) is 1.87. The summed E-state index contributed by atoms with van der Waals surface area (Å²) in [5.74, 6) is -0.00698. The lowest BCUT2D eigenvalue weighted by Gasteiger charge is -2.11. The molecular weight excluding hydrogens is 276 g/mol. The summed E-state index contributed by atoms with van der Waals surface area (Å²) in [6, 6.07) is 0. The van der Waals surface area contributed by atoms with Crippen molar-refractivity contribution in [2.45, 2.75) is 12.6 Å². The molecule has 0 aliphatic carbocycles. The molecule has 0 aliphatic rings. The molecular formula is C9H16N4O5S. The van der Waals surface area contributed by atoms with Gasteiger partial charge >= 0.3 is 5.69 Å². The van der Waals surface area contributed by atoms with E-state index < -0.39 is 20.9 Å². The molecule has 0 aromatic carbocycles. The maximum atomic E-state index is 10.9. The van der Waals surface area contributed by atoms with Gasteiger partial charge in [0.1, 0.15) is 22.2 Å². The van der Waals surface area contributed by atoms with E-state index in [0.29, 0.717) is 0 Å². The van der Waals surface area contributed by atoms with Crippen LogP contribution in [0.25, 0.3) is 0 Å². The molecule has 2 N–H and O–H groups in total. The van der Waals surface area contributed by atoms with Crippen molar-refractivity contribution in [3.8, 4) is 0 Å². The zero-order valence-corrected chi connectivity index (χ0v) is 11.2. The molecule has 0 amide bonds. The number of hydrogen-bond acceptors (Lipinski definition) is 7. The van der Waals surface area contributed by atoms with Crippen LogP contribution < -0.4 is 5.32 Å². The van der Waals surface area contributed by atoms with Gasteiger partial charge in [0.15, 0.2) is 0 Å². The van der Waals surface area contributed by atoms with E-state index >= 15 is 0 Å². The van der Waals surface area contributed by atoms with Crippen LogP contribution in [0.2, 0.25) is 0 Å².